The van der Waals surface area contributed by atoms with E-state index in [9.17, 15) is 5.11 Å². The summed E-state index contributed by atoms with van der Waals surface area (Å²) in [4.78, 5) is 6.48. The van der Waals surface area contributed by atoms with Gasteiger partial charge in [0.05, 0.1) is 12.1 Å². The van der Waals surface area contributed by atoms with Gasteiger partial charge in [-0.3, -0.25) is 4.99 Å². The first-order valence-corrected chi connectivity index (χ1v) is 8.14. The van der Waals surface area contributed by atoms with Crippen LogP contribution < -0.4 is 11.1 Å². The zero-order valence-corrected chi connectivity index (χ0v) is 13.3. The van der Waals surface area contributed by atoms with Crippen LogP contribution in [0, 0.1) is 0 Å². The molecule has 1 heterocycles. The van der Waals surface area contributed by atoms with Crippen molar-refractivity contribution in [1.29, 1.82) is 0 Å². The molecule has 3 rings (SSSR count). The van der Waals surface area contributed by atoms with Gasteiger partial charge in [0.25, 0.3) is 0 Å². The quantitative estimate of drug-likeness (QED) is 0.582. The van der Waals surface area contributed by atoms with Crippen LogP contribution in [0.3, 0.4) is 0 Å². The molecule has 1 aliphatic carbocycles. The Morgan fingerprint density at radius 2 is 2.23 bits per heavy atom. The van der Waals surface area contributed by atoms with Crippen LogP contribution >= 0.6 is 0 Å². The number of likely N-dealkylation sites (tertiary alicyclic amines) is 1. The van der Waals surface area contributed by atoms with Crippen molar-refractivity contribution in [3.63, 3.8) is 0 Å². The number of benzene rings is 1. The molecule has 2 aliphatic rings. The number of nitrogens with two attached hydrogens (primary N) is 1. The molecular weight excluding hydrogens is 276 g/mol. The van der Waals surface area contributed by atoms with Gasteiger partial charge in [0.2, 0.25) is 0 Å². The molecule has 0 radical (unpaired) electrons. The maximum absolute atomic E-state index is 10.4. The zero-order chi connectivity index (χ0) is 15.6. The predicted octanol–water partition coefficient (Wildman–Crippen LogP) is 1.36. The Labute approximate surface area is 132 Å². The highest BCUT2D eigenvalue weighted by molar-refractivity contribution is 5.93. The number of fused-ring (bicyclic) bond motifs is 1. The van der Waals surface area contributed by atoms with E-state index in [1.165, 1.54) is 24.0 Å². The number of likely N-dealkylation sites (N-methyl/N-ethyl adjacent to an activating group) is 1. The molecule has 1 atom stereocenters. The second-order valence-electron chi connectivity index (χ2n) is 6.69. The summed E-state index contributed by atoms with van der Waals surface area (Å²) in [7, 11) is 2.01. The second kappa shape index (κ2) is 6.26. The molecule has 1 saturated heterocycles. The average molecular weight is 302 g/mol. The van der Waals surface area contributed by atoms with Crippen LogP contribution in [0.2, 0.25) is 0 Å². The summed E-state index contributed by atoms with van der Waals surface area (Å²) in [5, 5.41) is 13.7. The highest BCUT2D eigenvalue weighted by Crippen LogP contribution is 2.27. The molecule has 1 aromatic rings. The van der Waals surface area contributed by atoms with Gasteiger partial charge in [0.15, 0.2) is 5.96 Å². The molecule has 1 aromatic carbocycles. The molecule has 1 fully saturated rings. The lowest BCUT2D eigenvalue weighted by atomic mass is 9.90. The summed E-state index contributed by atoms with van der Waals surface area (Å²) < 4.78 is 0. The Balaban J connectivity index is 1.67. The van der Waals surface area contributed by atoms with Crippen LogP contribution in [0.4, 0.5) is 5.69 Å². The summed E-state index contributed by atoms with van der Waals surface area (Å²) in [5.74, 6) is 0.391. The number of aryl methyl sites for hydroxylation is 1. The van der Waals surface area contributed by atoms with Crippen LogP contribution in [0.25, 0.3) is 0 Å². The number of aliphatic hydroxyl groups is 1. The molecule has 0 saturated carbocycles. The molecule has 5 heteroatoms. The smallest absolute Gasteiger partial charge is 0.193 e. The Kier molecular flexibility index (Phi) is 4.36. The molecule has 22 heavy (non-hydrogen) atoms. The Hall–Kier alpha value is -1.59. The van der Waals surface area contributed by atoms with Gasteiger partial charge in [-0.2, -0.15) is 0 Å². The summed E-state index contributed by atoms with van der Waals surface area (Å²) in [6.07, 6.45) is 5.49. The van der Waals surface area contributed by atoms with E-state index >= 15 is 0 Å². The minimum absolute atomic E-state index is 0.352. The molecule has 120 valence electrons. The van der Waals surface area contributed by atoms with Crippen molar-refractivity contribution in [2.75, 3.05) is 32.0 Å². The molecular formula is C17H26N4O. The van der Waals surface area contributed by atoms with Crippen LogP contribution in [0.1, 0.15) is 30.4 Å². The van der Waals surface area contributed by atoms with E-state index in [-0.39, 0.29) is 0 Å². The fraction of sp³-hybridized carbons (Fsp3) is 0.588. The maximum atomic E-state index is 10.4. The summed E-state index contributed by atoms with van der Waals surface area (Å²) in [6.45, 7) is 1.92. The monoisotopic (exact) mass is 302 g/mol. The Morgan fingerprint density at radius 3 is 3.00 bits per heavy atom. The van der Waals surface area contributed by atoms with Crippen LogP contribution in [-0.4, -0.2) is 48.2 Å². The third-order valence-corrected chi connectivity index (χ3v) is 4.73. The van der Waals surface area contributed by atoms with E-state index in [0.29, 0.717) is 19.0 Å². The first-order chi connectivity index (χ1) is 10.6. The van der Waals surface area contributed by atoms with Gasteiger partial charge in [-0.05, 0) is 56.3 Å². The normalized spacial score (nSPS) is 26.0. The number of nitrogens with zero attached hydrogens (tertiary/aromatic N) is 2. The highest BCUT2D eigenvalue weighted by atomic mass is 16.3. The van der Waals surface area contributed by atoms with Crippen molar-refractivity contribution in [2.45, 2.75) is 37.7 Å². The fourth-order valence-corrected chi connectivity index (χ4v) is 3.50. The number of nitrogens with one attached hydrogen (secondary N) is 1. The van der Waals surface area contributed by atoms with Gasteiger partial charge in [-0.1, -0.05) is 12.1 Å². The zero-order valence-electron chi connectivity index (χ0n) is 13.3. The molecule has 1 aliphatic heterocycles. The van der Waals surface area contributed by atoms with E-state index in [1.54, 1.807) is 0 Å². The van der Waals surface area contributed by atoms with Gasteiger partial charge in [0.1, 0.15) is 0 Å². The molecule has 0 aromatic heterocycles. The molecule has 5 nitrogen and oxygen atoms in total. The molecule has 4 N–H and O–H groups in total. The summed E-state index contributed by atoms with van der Waals surface area (Å²) in [5.41, 5.74) is 9.13. The number of guanidine groups is 1. The Bertz CT molecular complexity index is 572. The van der Waals surface area contributed by atoms with E-state index in [4.69, 9.17) is 5.73 Å². The Morgan fingerprint density at radius 1 is 1.41 bits per heavy atom. The topological polar surface area (TPSA) is 73.9 Å². The van der Waals surface area contributed by atoms with E-state index in [1.807, 2.05) is 7.05 Å². The minimum atomic E-state index is -0.739. The molecule has 0 amide bonds. The summed E-state index contributed by atoms with van der Waals surface area (Å²) >= 11 is 0. The standard InChI is InChI=1S/C17H26N4O/c1-21-10-9-17(22,12-21)11-19-16(18)20-15-8-4-6-13-5-2-3-7-14(13)15/h4,6,8,22H,2-3,5,7,9-12H2,1H3,(H3,18,19,20). The van der Waals surface area contributed by atoms with Gasteiger partial charge in [0, 0.05) is 18.8 Å². The van der Waals surface area contributed by atoms with Gasteiger partial charge in [-0.25, -0.2) is 0 Å². The lowest BCUT2D eigenvalue weighted by Crippen LogP contribution is -2.37. The van der Waals surface area contributed by atoms with Crippen LogP contribution in [-0.2, 0) is 12.8 Å². The third-order valence-electron chi connectivity index (χ3n) is 4.73. The lowest BCUT2D eigenvalue weighted by molar-refractivity contribution is 0.0615. The summed E-state index contributed by atoms with van der Waals surface area (Å²) in [6, 6.07) is 6.33. The molecule has 0 spiro atoms. The van der Waals surface area contributed by atoms with Crippen molar-refractivity contribution in [3.05, 3.63) is 29.3 Å². The third kappa shape index (κ3) is 3.42. The van der Waals surface area contributed by atoms with Gasteiger partial charge < -0.3 is 21.1 Å². The van der Waals surface area contributed by atoms with E-state index in [2.05, 4.69) is 33.4 Å². The number of rotatable bonds is 3. The van der Waals surface area contributed by atoms with Crippen molar-refractivity contribution in [3.8, 4) is 0 Å². The predicted molar refractivity (Wildman–Crippen MR) is 90.3 cm³/mol. The first-order valence-electron chi connectivity index (χ1n) is 8.14. The van der Waals surface area contributed by atoms with Crippen LogP contribution in [0.5, 0.6) is 0 Å². The maximum Gasteiger partial charge on any atom is 0.193 e. The highest BCUT2D eigenvalue weighted by Gasteiger charge is 2.34. The van der Waals surface area contributed by atoms with Gasteiger partial charge >= 0.3 is 0 Å². The number of β-amino-alcohol motifs (C(OH)–C–C–N with tert-alkyl or cyclic N) is 1. The number of hydrogen-bond acceptors (Lipinski definition) is 3. The number of aliphatic imine (C=N–C) groups is 1. The van der Waals surface area contributed by atoms with Crippen molar-refractivity contribution >= 4 is 11.6 Å². The van der Waals surface area contributed by atoms with Gasteiger partial charge in [-0.15, -0.1) is 0 Å². The first kappa shape index (κ1) is 15.3. The number of hydrogen-bond donors (Lipinski definition) is 3. The SMILES string of the molecule is CN1CCC(O)(CN=C(N)Nc2cccc3c2CCCC3)C1. The second-order valence-corrected chi connectivity index (χ2v) is 6.69. The van der Waals surface area contributed by atoms with Crippen molar-refractivity contribution in [2.24, 2.45) is 10.7 Å². The molecule has 0 bridgehead atoms. The van der Waals surface area contributed by atoms with E-state index < -0.39 is 5.60 Å². The minimum Gasteiger partial charge on any atom is -0.387 e. The largest absolute Gasteiger partial charge is 0.387 e. The van der Waals surface area contributed by atoms with Crippen molar-refractivity contribution in [1.82, 2.24) is 4.90 Å². The lowest BCUT2D eigenvalue weighted by Gasteiger charge is -2.21. The van der Waals surface area contributed by atoms with Crippen LogP contribution in [0.15, 0.2) is 23.2 Å². The fourth-order valence-electron chi connectivity index (χ4n) is 3.50. The molecule has 1 unspecified atom stereocenters. The van der Waals surface area contributed by atoms with E-state index in [0.717, 1.165) is 31.5 Å². The number of anilines is 1. The average Bonchev–Trinajstić information content (AvgIpc) is 2.86. The van der Waals surface area contributed by atoms with Crippen molar-refractivity contribution < 1.29 is 5.11 Å².